The molecule has 0 radical (unpaired) electrons. The summed E-state index contributed by atoms with van der Waals surface area (Å²) < 4.78 is 0. The Balaban J connectivity index is 2.44. The number of carbonyl (C=O) groups is 1. The molecule has 0 spiro atoms. The summed E-state index contributed by atoms with van der Waals surface area (Å²) >= 11 is 1.48. The van der Waals surface area contributed by atoms with Crippen LogP contribution in [-0.4, -0.2) is 22.5 Å². The fraction of sp³-hybridized carbons (Fsp3) is 0.375. The monoisotopic (exact) mass is 304 g/mol. The van der Waals surface area contributed by atoms with Crippen LogP contribution in [0.4, 0.5) is 0 Å². The molecule has 21 heavy (non-hydrogen) atoms. The Morgan fingerprint density at radius 1 is 1.33 bits per heavy atom. The van der Waals surface area contributed by atoms with Crippen LogP contribution in [0.5, 0.6) is 0 Å². The Hall–Kier alpha value is -1.75. The van der Waals surface area contributed by atoms with Crippen molar-refractivity contribution in [2.45, 2.75) is 32.7 Å². The van der Waals surface area contributed by atoms with Gasteiger partial charge >= 0.3 is 5.97 Å². The molecule has 0 amide bonds. The number of carboxylic acid groups (broad SMARTS) is 1. The molecule has 1 atom stereocenters. The van der Waals surface area contributed by atoms with Crippen molar-refractivity contribution in [1.29, 1.82) is 0 Å². The Morgan fingerprint density at radius 2 is 1.95 bits per heavy atom. The highest BCUT2D eigenvalue weighted by atomic mass is 32.2. The third kappa shape index (κ3) is 3.29. The highest BCUT2D eigenvalue weighted by molar-refractivity contribution is 8.13. The van der Waals surface area contributed by atoms with Gasteiger partial charge in [0.1, 0.15) is 6.04 Å². The van der Waals surface area contributed by atoms with Crippen molar-refractivity contribution in [2.24, 2.45) is 4.99 Å². The Labute approximate surface area is 129 Å². The second-order valence-corrected chi connectivity index (χ2v) is 6.13. The first-order valence-electron chi connectivity index (χ1n) is 6.86. The number of allylic oxidation sites excluding steroid dienone is 1. The lowest BCUT2D eigenvalue weighted by Crippen LogP contribution is -2.29. The summed E-state index contributed by atoms with van der Waals surface area (Å²) in [4.78, 5) is 16.1. The van der Waals surface area contributed by atoms with Gasteiger partial charge in [-0.2, -0.15) is 0 Å². The molecule has 1 aliphatic rings. The van der Waals surface area contributed by atoms with E-state index in [1.165, 1.54) is 17.3 Å². The van der Waals surface area contributed by atoms with E-state index in [9.17, 15) is 9.90 Å². The average molecular weight is 304 g/mol. The maximum absolute atomic E-state index is 11.5. The zero-order valence-electron chi connectivity index (χ0n) is 12.7. The van der Waals surface area contributed by atoms with Crippen molar-refractivity contribution >= 4 is 22.9 Å². The molecule has 1 unspecified atom stereocenters. The third-order valence-corrected chi connectivity index (χ3v) is 4.16. The number of amidine groups is 1. The molecule has 1 aromatic rings. The maximum Gasteiger partial charge on any atom is 0.335 e. The summed E-state index contributed by atoms with van der Waals surface area (Å²) in [5.74, 6) is -0.476. The molecule has 0 saturated carbocycles. The van der Waals surface area contributed by atoms with Crippen LogP contribution in [0.2, 0.25) is 0 Å². The highest BCUT2D eigenvalue weighted by Gasteiger charge is 2.28. The predicted octanol–water partition coefficient (Wildman–Crippen LogP) is 3.53. The number of aliphatic imine (C=N–C) groups is 1. The second-order valence-electron chi connectivity index (χ2n) is 5.33. The normalized spacial score (nSPS) is 18.5. The van der Waals surface area contributed by atoms with Crippen LogP contribution >= 0.6 is 11.8 Å². The van der Waals surface area contributed by atoms with Crippen molar-refractivity contribution in [3.05, 3.63) is 46.7 Å². The van der Waals surface area contributed by atoms with Gasteiger partial charge in [0.25, 0.3) is 0 Å². The summed E-state index contributed by atoms with van der Waals surface area (Å²) in [5, 5.41) is 13.3. The molecule has 112 valence electrons. The number of nitrogens with zero attached hydrogens (tertiary/aromatic N) is 1. The Kier molecular flexibility index (Phi) is 4.73. The molecule has 0 saturated heterocycles. The van der Waals surface area contributed by atoms with Crippen molar-refractivity contribution in [3.8, 4) is 0 Å². The zero-order chi connectivity index (χ0) is 15.6. The van der Waals surface area contributed by atoms with Gasteiger partial charge < -0.3 is 10.4 Å². The van der Waals surface area contributed by atoms with E-state index in [1.807, 2.05) is 30.5 Å². The lowest BCUT2D eigenvalue weighted by Gasteiger charge is -2.24. The number of aliphatic carboxylic acids is 1. The predicted molar refractivity (Wildman–Crippen MR) is 87.7 cm³/mol. The minimum absolute atomic E-state index is 0.310. The van der Waals surface area contributed by atoms with E-state index in [0.29, 0.717) is 17.2 Å². The summed E-state index contributed by atoms with van der Waals surface area (Å²) in [6.45, 7) is 6.05. The van der Waals surface area contributed by atoms with E-state index < -0.39 is 12.0 Å². The highest BCUT2D eigenvalue weighted by Crippen LogP contribution is 2.32. The molecule has 0 aromatic heterocycles. The molecule has 4 nitrogen and oxygen atoms in total. The summed E-state index contributed by atoms with van der Waals surface area (Å²) in [5.41, 5.74) is 3.11. The molecule has 1 heterocycles. The summed E-state index contributed by atoms with van der Waals surface area (Å²) in [6, 6.07) is 7.59. The van der Waals surface area contributed by atoms with Gasteiger partial charge in [-0.3, -0.25) is 0 Å². The van der Waals surface area contributed by atoms with Crippen molar-refractivity contribution in [2.75, 3.05) is 6.26 Å². The number of thioether (sulfide) groups is 1. The molecular formula is C16H20N2O2S. The van der Waals surface area contributed by atoms with Crippen LogP contribution in [0.15, 0.2) is 40.5 Å². The van der Waals surface area contributed by atoms with Crippen LogP contribution in [0.25, 0.3) is 0 Å². The quantitative estimate of drug-likeness (QED) is 0.896. The molecule has 2 N–H and O–H groups in total. The first-order valence-corrected chi connectivity index (χ1v) is 8.09. The summed E-state index contributed by atoms with van der Waals surface area (Å²) in [7, 11) is 0. The number of hydrogen-bond acceptors (Lipinski definition) is 4. The van der Waals surface area contributed by atoms with Crippen LogP contribution in [0, 0.1) is 0 Å². The minimum Gasteiger partial charge on any atom is -0.478 e. The van der Waals surface area contributed by atoms with Gasteiger partial charge in [0.05, 0.1) is 5.57 Å². The topological polar surface area (TPSA) is 61.7 Å². The maximum atomic E-state index is 11.5. The zero-order valence-corrected chi connectivity index (χ0v) is 13.5. The number of nitrogens with one attached hydrogen (secondary N) is 1. The number of rotatable bonds is 3. The molecule has 2 rings (SSSR count). The Morgan fingerprint density at radius 3 is 2.43 bits per heavy atom. The smallest absolute Gasteiger partial charge is 0.335 e. The molecular weight excluding hydrogens is 284 g/mol. The molecule has 1 aromatic carbocycles. The van der Waals surface area contributed by atoms with Crippen molar-refractivity contribution < 1.29 is 9.90 Å². The number of benzene rings is 1. The van der Waals surface area contributed by atoms with E-state index in [4.69, 9.17) is 0 Å². The van der Waals surface area contributed by atoms with E-state index in [0.717, 1.165) is 10.7 Å². The standard InChI is InChI=1S/C16H20N2O2S/c1-9(2)11-5-7-12(8-6-11)14-13(15(19)20)10(3)17-16(18-14)21-4/h5-9,14H,1-4H3,(H,17,18)(H,19,20). The Bertz CT molecular complexity index is 603. The fourth-order valence-corrected chi connectivity index (χ4v) is 2.80. The van der Waals surface area contributed by atoms with Crippen LogP contribution in [-0.2, 0) is 4.79 Å². The largest absolute Gasteiger partial charge is 0.478 e. The molecule has 0 bridgehead atoms. The number of hydrogen-bond donors (Lipinski definition) is 2. The van der Waals surface area contributed by atoms with E-state index in [-0.39, 0.29) is 0 Å². The van der Waals surface area contributed by atoms with Crippen LogP contribution < -0.4 is 5.32 Å². The second kappa shape index (κ2) is 6.35. The first kappa shape index (κ1) is 15.6. The van der Waals surface area contributed by atoms with Gasteiger partial charge in [-0.05, 0) is 30.2 Å². The van der Waals surface area contributed by atoms with Crippen molar-refractivity contribution in [3.63, 3.8) is 0 Å². The van der Waals surface area contributed by atoms with E-state index in [2.05, 4.69) is 24.2 Å². The first-order chi connectivity index (χ1) is 9.93. The molecule has 1 aliphatic heterocycles. The molecule has 0 aliphatic carbocycles. The number of carboxylic acids is 1. The van der Waals surface area contributed by atoms with Gasteiger partial charge in [0.15, 0.2) is 5.17 Å². The molecule has 5 heteroatoms. The summed E-state index contributed by atoms with van der Waals surface area (Å²) in [6.07, 6.45) is 1.92. The van der Waals surface area contributed by atoms with Crippen LogP contribution in [0.3, 0.4) is 0 Å². The van der Waals surface area contributed by atoms with Crippen molar-refractivity contribution in [1.82, 2.24) is 5.32 Å². The van der Waals surface area contributed by atoms with Gasteiger partial charge in [-0.1, -0.05) is 49.9 Å². The molecule has 0 fully saturated rings. The van der Waals surface area contributed by atoms with E-state index >= 15 is 0 Å². The fourth-order valence-electron chi connectivity index (χ4n) is 2.33. The average Bonchev–Trinajstić information content (AvgIpc) is 2.45. The van der Waals surface area contributed by atoms with Gasteiger partial charge in [-0.15, -0.1) is 0 Å². The van der Waals surface area contributed by atoms with E-state index in [1.54, 1.807) is 6.92 Å². The lowest BCUT2D eigenvalue weighted by atomic mass is 9.94. The van der Waals surface area contributed by atoms with Gasteiger partial charge in [0, 0.05) is 5.70 Å². The third-order valence-electron chi connectivity index (χ3n) is 3.56. The van der Waals surface area contributed by atoms with Gasteiger partial charge in [-0.25, -0.2) is 9.79 Å². The SMILES string of the molecule is CSC1=NC(c2ccc(C(C)C)cc2)C(C(=O)O)=C(C)N1. The lowest BCUT2D eigenvalue weighted by molar-refractivity contribution is -0.133. The minimum atomic E-state index is -0.929. The van der Waals surface area contributed by atoms with Crippen LogP contribution in [0.1, 0.15) is 43.9 Å². The van der Waals surface area contributed by atoms with Gasteiger partial charge in [0.2, 0.25) is 0 Å².